The molecule has 8 heteroatoms. The summed E-state index contributed by atoms with van der Waals surface area (Å²) in [5.41, 5.74) is 0.879. The third-order valence-corrected chi connectivity index (χ3v) is 4.08. The minimum atomic E-state index is -1.13. The van der Waals surface area contributed by atoms with E-state index in [1.165, 1.54) is 14.0 Å². The third-order valence-electron chi connectivity index (χ3n) is 4.08. The molecule has 1 heterocycles. The number of methoxy groups -OCH3 is 1. The fourth-order valence-corrected chi connectivity index (χ4v) is 2.58. The van der Waals surface area contributed by atoms with Crippen molar-refractivity contribution in [3.63, 3.8) is 0 Å². The molecule has 0 saturated heterocycles. The molecule has 0 fully saturated rings. The average molecular weight is 396 g/mol. The van der Waals surface area contributed by atoms with Crippen LogP contribution in [0.2, 0.25) is 0 Å². The first kappa shape index (κ1) is 19.9. The summed E-state index contributed by atoms with van der Waals surface area (Å²) >= 11 is 0. The van der Waals surface area contributed by atoms with Crippen LogP contribution >= 0.6 is 0 Å². The van der Waals surface area contributed by atoms with Crippen LogP contribution in [0.1, 0.15) is 6.92 Å². The van der Waals surface area contributed by atoms with Crippen molar-refractivity contribution in [3.05, 3.63) is 66.1 Å². The van der Waals surface area contributed by atoms with Gasteiger partial charge in [-0.15, -0.1) is 0 Å². The third kappa shape index (κ3) is 4.92. The zero-order valence-corrected chi connectivity index (χ0v) is 15.9. The lowest BCUT2D eigenvalue weighted by Crippen LogP contribution is -2.31. The van der Waals surface area contributed by atoms with Crippen LogP contribution in [0.5, 0.6) is 5.75 Å². The fourth-order valence-electron chi connectivity index (χ4n) is 2.58. The maximum Gasteiger partial charge on any atom is 0.348 e. The second-order valence-electron chi connectivity index (χ2n) is 6.18. The number of nitrogens with one attached hydrogen (secondary N) is 2. The fraction of sp³-hybridized carbons (Fsp3) is 0.190. The van der Waals surface area contributed by atoms with Gasteiger partial charge >= 0.3 is 5.97 Å². The van der Waals surface area contributed by atoms with Crippen LogP contribution < -0.4 is 15.4 Å². The molecule has 2 N–H and O–H groups in total. The second-order valence-corrected chi connectivity index (χ2v) is 6.18. The van der Waals surface area contributed by atoms with Gasteiger partial charge < -0.3 is 24.8 Å². The van der Waals surface area contributed by atoms with Gasteiger partial charge in [0.2, 0.25) is 11.7 Å². The first-order valence-electron chi connectivity index (χ1n) is 8.86. The molecule has 0 bridgehead atoms. The summed E-state index contributed by atoms with van der Waals surface area (Å²) < 4.78 is 15.6. The van der Waals surface area contributed by atoms with Gasteiger partial charge in [0.25, 0.3) is 5.91 Å². The molecule has 0 spiro atoms. The van der Waals surface area contributed by atoms with Crippen LogP contribution in [0.3, 0.4) is 0 Å². The van der Waals surface area contributed by atoms with Crippen molar-refractivity contribution in [3.8, 4) is 5.75 Å². The van der Waals surface area contributed by atoms with Crippen LogP contribution in [0.15, 0.2) is 66.1 Å². The standard InChI is InChI=1S/C21H20N2O6/c1-13(19(25)22-15-9-6-10-16(11-15)27-2)29-21(26)18-17(24)12-28-20(18)23-14-7-4-3-5-8-14/h3-11,13,23H,12H2,1-2H3,(H,22,25)/t13-/m0/s1. The summed E-state index contributed by atoms with van der Waals surface area (Å²) in [7, 11) is 1.51. The van der Waals surface area contributed by atoms with Gasteiger partial charge in [0, 0.05) is 17.4 Å². The van der Waals surface area contributed by atoms with Gasteiger partial charge in [0.1, 0.15) is 5.75 Å². The van der Waals surface area contributed by atoms with E-state index < -0.39 is 23.8 Å². The lowest BCUT2D eigenvalue weighted by molar-refractivity contribution is -0.150. The van der Waals surface area contributed by atoms with E-state index >= 15 is 0 Å². The molecule has 150 valence electrons. The molecule has 0 radical (unpaired) electrons. The first-order chi connectivity index (χ1) is 14.0. The summed E-state index contributed by atoms with van der Waals surface area (Å²) in [5.74, 6) is -1.42. The number of anilines is 2. The molecule has 0 saturated carbocycles. The Morgan fingerprint density at radius 3 is 2.52 bits per heavy atom. The highest BCUT2D eigenvalue weighted by Crippen LogP contribution is 2.21. The summed E-state index contributed by atoms with van der Waals surface area (Å²) in [6.45, 7) is 1.14. The lowest BCUT2D eigenvalue weighted by Gasteiger charge is -2.14. The monoisotopic (exact) mass is 396 g/mol. The predicted molar refractivity (Wildman–Crippen MR) is 105 cm³/mol. The van der Waals surface area contributed by atoms with Crippen molar-refractivity contribution in [2.75, 3.05) is 24.4 Å². The molecule has 1 aliphatic rings. The number of esters is 1. The molecule has 1 atom stereocenters. The molecule has 1 amide bonds. The highest BCUT2D eigenvalue weighted by atomic mass is 16.6. The summed E-state index contributed by atoms with van der Waals surface area (Å²) in [6, 6.07) is 15.7. The number of ketones is 1. The number of Topliss-reactive ketones (excluding diaryl/α,β-unsaturated/α-hetero) is 1. The Morgan fingerprint density at radius 1 is 1.07 bits per heavy atom. The minimum absolute atomic E-state index is 0.00611. The number of amides is 1. The average Bonchev–Trinajstić information content (AvgIpc) is 3.08. The molecule has 2 aromatic rings. The second kappa shape index (κ2) is 8.92. The van der Waals surface area contributed by atoms with E-state index in [9.17, 15) is 14.4 Å². The Hall–Kier alpha value is -3.81. The van der Waals surface area contributed by atoms with E-state index in [1.54, 1.807) is 48.5 Å². The zero-order valence-electron chi connectivity index (χ0n) is 15.9. The topological polar surface area (TPSA) is 103 Å². The molecular weight excluding hydrogens is 376 g/mol. The Kier molecular flexibility index (Phi) is 6.13. The largest absolute Gasteiger partial charge is 0.497 e. The van der Waals surface area contributed by atoms with Crippen LogP contribution in [-0.2, 0) is 23.9 Å². The molecule has 2 aromatic carbocycles. The SMILES string of the molecule is COc1cccc(NC(=O)[C@H](C)OC(=O)C2=C(Nc3ccccc3)OCC2=O)c1. The number of hydrogen-bond acceptors (Lipinski definition) is 7. The van der Waals surface area contributed by atoms with Crippen LogP contribution in [0.25, 0.3) is 0 Å². The highest BCUT2D eigenvalue weighted by Gasteiger charge is 2.34. The van der Waals surface area contributed by atoms with E-state index in [-0.39, 0.29) is 18.1 Å². The molecule has 1 aliphatic heterocycles. The van der Waals surface area contributed by atoms with Gasteiger partial charge in [-0.2, -0.15) is 0 Å². The number of carbonyl (C=O) groups excluding carboxylic acids is 3. The molecule has 0 aromatic heterocycles. The number of rotatable bonds is 7. The Morgan fingerprint density at radius 2 is 1.79 bits per heavy atom. The maximum atomic E-state index is 12.5. The van der Waals surface area contributed by atoms with E-state index in [1.807, 2.05) is 6.07 Å². The zero-order chi connectivity index (χ0) is 20.8. The van der Waals surface area contributed by atoms with E-state index in [0.29, 0.717) is 17.1 Å². The van der Waals surface area contributed by atoms with Crippen LogP contribution in [-0.4, -0.2) is 37.5 Å². The number of carbonyl (C=O) groups is 3. The van der Waals surface area contributed by atoms with Crippen molar-refractivity contribution < 1.29 is 28.6 Å². The van der Waals surface area contributed by atoms with Gasteiger partial charge in [-0.25, -0.2) is 4.79 Å². The van der Waals surface area contributed by atoms with E-state index in [0.717, 1.165) is 0 Å². The molecule has 0 aliphatic carbocycles. The molecular formula is C21H20N2O6. The van der Waals surface area contributed by atoms with E-state index in [4.69, 9.17) is 14.2 Å². The Balaban J connectivity index is 1.67. The number of benzene rings is 2. The van der Waals surface area contributed by atoms with Crippen molar-refractivity contribution in [1.82, 2.24) is 0 Å². The van der Waals surface area contributed by atoms with Crippen molar-refractivity contribution >= 4 is 29.0 Å². The Bertz CT molecular complexity index is 955. The smallest absolute Gasteiger partial charge is 0.348 e. The molecule has 29 heavy (non-hydrogen) atoms. The Labute approximate surface area is 167 Å². The summed E-state index contributed by atoms with van der Waals surface area (Å²) in [6.07, 6.45) is -1.13. The lowest BCUT2D eigenvalue weighted by atomic mass is 10.2. The number of hydrogen-bond donors (Lipinski definition) is 2. The first-order valence-corrected chi connectivity index (χ1v) is 8.86. The predicted octanol–water partition coefficient (Wildman–Crippen LogP) is 2.49. The van der Waals surface area contributed by atoms with Gasteiger partial charge in [-0.05, 0) is 31.2 Å². The van der Waals surface area contributed by atoms with Crippen molar-refractivity contribution in [2.24, 2.45) is 0 Å². The van der Waals surface area contributed by atoms with E-state index in [2.05, 4.69) is 10.6 Å². The van der Waals surface area contributed by atoms with Crippen molar-refractivity contribution in [2.45, 2.75) is 13.0 Å². The normalized spacial score (nSPS) is 14.1. The maximum absolute atomic E-state index is 12.5. The minimum Gasteiger partial charge on any atom is -0.497 e. The van der Waals surface area contributed by atoms with Crippen molar-refractivity contribution in [1.29, 1.82) is 0 Å². The molecule has 8 nitrogen and oxygen atoms in total. The molecule has 3 rings (SSSR count). The number of para-hydroxylation sites is 1. The highest BCUT2D eigenvalue weighted by molar-refractivity contribution is 6.20. The van der Waals surface area contributed by atoms with Gasteiger partial charge in [-0.3, -0.25) is 9.59 Å². The van der Waals surface area contributed by atoms with Crippen LogP contribution in [0, 0.1) is 0 Å². The van der Waals surface area contributed by atoms with Gasteiger partial charge in [0.05, 0.1) is 7.11 Å². The van der Waals surface area contributed by atoms with Gasteiger partial charge in [0.15, 0.2) is 18.3 Å². The summed E-state index contributed by atoms with van der Waals surface area (Å²) in [5, 5.41) is 5.51. The quantitative estimate of drug-likeness (QED) is 0.547. The number of ether oxygens (including phenoxy) is 3. The van der Waals surface area contributed by atoms with Gasteiger partial charge in [-0.1, -0.05) is 24.3 Å². The van der Waals surface area contributed by atoms with Crippen LogP contribution in [0.4, 0.5) is 11.4 Å². The molecule has 0 unspecified atom stereocenters. The summed E-state index contributed by atoms with van der Waals surface area (Å²) in [4.78, 5) is 36.9.